The lowest BCUT2D eigenvalue weighted by Crippen LogP contribution is -2.21. The van der Waals surface area contributed by atoms with Gasteiger partial charge in [0.25, 0.3) is 5.56 Å². The summed E-state index contributed by atoms with van der Waals surface area (Å²) in [7, 11) is 0. The van der Waals surface area contributed by atoms with Gasteiger partial charge in [0, 0.05) is 11.5 Å². The number of rotatable bonds is 2. The highest BCUT2D eigenvalue weighted by atomic mass is 16.7. The molecule has 1 aromatic heterocycles. The molecule has 0 unspecified atom stereocenters. The molecule has 0 aliphatic carbocycles. The number of H-pyrrole nitrogens is 1. The van der Waals surface area contributed by atoms with E-state index in [0.29, 0.717) is 28.0 Å². The number of aromatic carboxylic acids is 1. The highest BCUT2D eigenvalue weighted by Gasteiger charge is 2.23. The molecule has 2 aromatic rings. The minimum atomic E-state index is -1.23. The van der Waals surface area contributed by atoms with Gasteiger partial charge in [-0.3, -0.25) is 4.79 Å². The number of carboxylic acid groups (broad SMARTS) is 1. The van der Waals surface area contributed by atoms with Crippen LogP contribution < -0.4 is 15.0 Å². The Bertz CT molecular complexity index is 775. The van der Waals surface area contributed by atoms with E-state index in [1.807, 2.05) is 13.8 Å². The SMILES string of the molecule is CC(C)c1c(C(=O)O)c(=O)[nH]c2cc3c(cc12)OCO3. The first kappa shape index (κ1) is 12.5. The van der Waals surface area contributed by atoms with Crippen molar-refractivity contribution >= 4 is 16.9 Å². The molecule has 0 spiro atoms. The van der Waals surface area contributed by atoms with Gasteiger partial charge in [-0.05, 0) is 17.5 Å². The summed E-state index contributed by atoms with van der Waals surface area (Å²) in [6.45, 7) is 3.83. The first-order valence-electron chi connectivity index (χ1n) is 6.22. The number of aromatic nitrogens is 1. The molecule has 0 fully saturated rings. The minimum Gasteiger partial charge on any atom is -0.477 e. The van der Waals surface area contributed by atoms with Crippen molar-refractivity contribution < 1.29 is 19.4 Å². The van der Waals surface area contributed by atoms with Gasteiger partial charge in [0.05, 0.1) is 5.52 Å². The Hall–Kier alpha value is -2.50. The van der Waals surface area contributed by atoms with E-state index in [-0.39, 0.29) is 18.3 Å². The highest BCUT2D eigenvalue weighted by Crippen LogP contribution is 2.38. The van der Waals surface area contributed by atoms with Crippen LogP contribution in [0.25, 0.3) is 10.9 Å². The lowest BCUT2D eigenvalue weighted by Gasteiger charge is -2.13. The predicted molar refractivity (Wildman–Crippen MR) is 71.7 cm³/mol. The minimum absolute atomic E-state index is 0.105. The standard InChI is InChI=1S/C14H13NO5/c1-6(2)11-7-3-9-10(20-5-19-9)4-8(7)15-13(16)12(11)14(17)18/h3-4,6H,5H2,1-2H3,(H,15,16)(H,17,18). The molecule has 104 valence electrons. The summed E-state index contributed by atoms with van der Waals surface area (Å²) in [6, 6.07) is 3.38. The molecule has 3 rings (SSSR count). The lowest BCUT2D eigenvalue weighted by atomic mass is 9.93. The summed E-state index contributed by atoms with van der Waals surface area (Å²) in [5.41, 5.74) is 0.237. The van der Waals surface area contributed by atoms with Crippen molar-refractivity contribution in [2.45, 2.75) is 19.8 Å². The fourth-order valence-corrected chi connectivity index (χ4v) is 2.52. The summed E-state index contributed by atoms with van der Waals surface area (Å²) in [5.74, 6) is -0.227. The maximum Gasteiger partial charge on any atom is 0.341 e. The molecule has 0 bridgehead atoms. The van der Waals surface area contributed by atoms with Crippen LogP contribution in [-0.2, 0) is 0 Å². The fraction of sp³-hybridized carbons (Fsp3) is 0.286. The molecular weight excluding hydrogens is 262 g/mol. The highest BCUT2D eigenvalue weighted by molar-refractivity contribution is 5.97. The summed E-state index contributed by atoms with van der Waals surface area (Å²) in [6.07, 6.45) is 0. The van der Waals surface area contributed by atoms with Crippen LogP contribution in [0.4, 0.5) is 0 Å². The summed E-state index contributed by atoms with van der Waals surface area (Å²) in [4.78, 5) is 25.9. The lowest BCUT2D eigenvalue weighted by molar-refractivity contribution is 0.0693. The second-order valence-electron chi connectivity index (χ2n) is 4.95. The zero-order chi connectivity index (χ0) is 14.4. The van der Waals surface area contributed by atoms with E-state index in [1.54, 1.807) is 12.1 Å². The largest absolute Gasteiger partial charge is 0.477 e. The van der Waals surface area contributed by atoms with Gasteiger partial charge in [0.15, 0.2) is 11.5 Å². The van der Waals surface area contributed by atoms with Crippen LogP contribution in [0.15, 0.2) is 16.9 Å². The molecule has 0 saturated heterocycles. The van der Waals surface area contributed by atoms with Crippen LogP contribution in [0.3, 0.4) is 0 Å². The first-order valence-corrected chi connectivity index (χ1v) is 6.22. The van der Waals surface area contributed by atoms with Crippen molar-refractivity contribution in [2.24, 2.45) is 0 Å². The Kier molecular flexibility index (Phi) is 2.67. The van der Waals surface area contributed by atoms with Crippen molar-refractivity contribution in [3.8, 4) is 11.5 Å². The molecule has 20 heavy (non-hydrogen) atoms. The average molecular weight is 275 g/mol. The number of aromatic amines is 1. The Labute approximate surface area is 113 Å². The van der Waals surface area contributed by atoms with E-state index >= 15 is 0 Å². The molecule has 0 radical (unpaired) electrons. The molecule has 2 heterocycles. The van der Waals surface area contributed by atoms with E-state index in [9.17, 15) is 14.7 Å². The molecule has 1 aliphatic rings. The van der Waals surface area contributed by atoms with Crippen LogP contribution in [0.1, 0.15) is 35.7 Å². The number of fused-ring (bicyclic) bond motifs is 2. The van der Waals surface area contributed by atoms with Crippen LogP contribution in [0.5, 0.6) is 11.5 Å². The maximum absolute atomic E-state index is 12.0. The van der Waals surface area contributed by atoms with E-state index in [2.05, 4.69) is 4.98 Å². The third-order valence-electron chi connectivity index (χ3n) is 3.34. The second kappa shape index (κ2) is 4.26. The van der Waals surface area contributed by atoms with Crippen molar-refractivity contribution in [3.63, 3.8) is 0 Å². The van der Waals surface area contributed by atoms with Crippen LogP contribution >= 0.6 is 0 Å². The number of hydrogen-bond donors (Lipinski definition) is 2. The smallest absolute Gasteiger partial charge is 0.341 e. The van der Waals surface area contributed by atoms with Crippen molar-refractivity contribution in [2.75, 3.05) is 6.79 Å². The maximum atomic E-state index is 12.0. The summed E-state index contributed by atoms with van der Waals surface area (Å²) in [5, 5.41) is 9.94. The molecule has 6 heteroatoms. The van der Waals surface area contributed by atoms with Gasteiger partial charge >= 0.3 is 5.97 Å². The van der Waals surface area contributed by atoms with E-state index in [0.717, 1.165) is 0 Å². The molecule has 0 saturated carbocycles. The summed E-state index contributed by atoms with van der Waals surface area (Å²) >= 11 is 0. The third-order valence-corrected chi connectivity index (χ3v) is 3.34. The monoisotopic (exact) mass is 275 g/mol. The molecule has 1 aromatic carbocycles. The van der Waals surface area contributed by atoms with Gasteiger partial charge in [-0.2, -0.15) is 0 Å². The number of nitrogens with one attached hydrogen (secondary N) is 1. The van der Waals surface area contributed by atoms with Crippen LogP contribution in [0.2, 0.25) is 0 Å². The Morgan fingerprint density at radius 2 is 1.95 bits per heavy atom. The van der Waals surface area contributed by atoms with Gasteiger partial charge in [-0.25, -0.2) is 4.79 Å². The predicted octanol–water partition coefficient (Wildman–Crippen LogP) is 2.08. The van der Waals surface area contributed by atoms with Crippen LogP contribution in [-0.4, -0.2) is 22.9 Å². The normalized spacial score (nSPS) is 13.2. The van der Waals surface area contributed by atoms with Gasteiger partial charge in [-0.1, -0.05) is 13.8 Å². The number of ether oxygens (including phenoxy) is 2. The summed E-state index contributed by atoms with van der Waals surface area (Å²) < 4.78 is 10.6. The third kappa shape index (κ3) is 1.72. The molecular formula is C14H13NO5. The van der Waals surface area contributed by atoms with E-state index in [1.165, 1.54) is 0 Å². The zero-order valence-electron chi connectivity index (χ0n) is 11.0. The number of carboxylic acids is 1. The Balaban J connectivity index is 2.45. The van der Waals surface area contributed by atoms with Crippen molar-refractivity contribution in [1.29, 1.82) is 0 Å². The second-order valence-corrected chi connectivity index (χ2v) is 4.95. The Morgan fingerprint density at radius 3 is 2.55 bits per heavy atom. The van der Waals surface area contributed by atoms with Gasteiger partial charge in [0.1, 0.15) is 5.56 Å². The van der Waals surface area contributed by atoms with Crippen LogP contribution in [0, 0.1) is 0 Å². The van der Waals surface area contributed by atoms with Gasteiger partial charge < -0.3 is 19.6 Å². The quantitative estimate of drug-likeness (QED) is 0.876. The van der Waals surface area contributed by atoms with Crippen molar-refractivity contribution in [3.05, 3.63) is 33.6 Å². The van der Waals surface area contributed by atoms with Gasteiger partial charge in [-0.15, -0.1) is 0 Å². The van der Waals surface area contributed by atoms with Gasteiger partial charge in [0.2, 0.25) is 6.79 Å². The Morgan fingerprint density at radius 1 is 1.30 bits per heavy atom. The van der Waals surface area contributed by atoms with E-state index < -0.39 is 11.5 Å². The molecule has 1 aliphatic heterocycles. The topological polar surface area (TPSA) is 88.6 Å². The molecule has 0 atom stereocenters. The molecule has 0 amide bonds. The fourth-order valence-electron chi connectivity index (χ4n) is 2.52. The number of benzene rings is 1. The average Bonchev–Trinajstić information content (AvgIpc) is 2.80. The van der Waals surface area contributed by atoms with E-state index in [4.69, 9.17) is 9.47 Å². The zero-order valence-corrected chi connectivity index (χ0v) is 11.0. The number of carbonyl (C=O) groups is 1. The molecule has 2 N–H and O–H groups in total. The van der Waals surface area contributed by atoms with Crippen molar-refractivity contribution in [1.82, 2.24) is 4.98 Å². The first-order chi connectivity index (χ1) is 9.49. The molecule has 6 nitrogen and oxygen atoms in total. The number of hydrogen-bond acceptors (Lipinski definition) is 4. The number of pyridine rings is 1.